The number of aromatic nitrogens is 2. The van der Waals surface area contributed by atoms with Crippen LogP contribution in [0, 0.1) is 6.92 Å². The Balaban J connectivity index is 1.77. The fourth-order valence-electron chi connectivity index (χ4n) is 2.42. The van der Waals surface area contributed by atoms with Crippen molar-refractivity contribution in [3.05, 3.63) is 67.5 Å². The Morgan fingerprint density at radius 3 is 2.73 bits per heavy atom. The molecule has 0 aliphatic heterocycles. The van der Waals surface area contributed by atoms with Crippen molar-refractivity contribution < 1.29 is 0 Å². The van der Waals surface area contributed by atoms with Gasteiger partial charge in [0.15, 0.2) is 4.96 Å². The van der Waals surface area contributed by atoms with Crippen LogP contribution in [0.2, 0.25) is 0 Å². The minimum Gasteiger partial charge on any atom is -0.296 e. The molecular weight excluding hydrogens is 362 g/mol. The summed E-state index contributed by atoms with van der Waals surface area (Å²) in [5, 5.41) is 1.96. The molecule has 114 valence electrons. The molecule has 3 aromatic rings. The summed E-state index contributed by atoms with van der Waals surface area (Å²) in [6, 6.07) is 9.89. The maximum Gasteiger partial charge on any atom is 0.259 e. The maximum absolute atomic E-state index is 12.2. The number of fused-ring (bicyclic) bond motifs is 1. The topological polar surface area (TPSA) is 37.6 Å². The van der Waals surface area contributed by atoms with Gasteiger partial charge in [0.1, 0.15) is 0 Å². The van der Waals surface area contributed by atoms with Gasteiger partial charge >= 0.3 is 0 Å². The number of hydrogen-bond donors (Lipinski definition) is 0. The van der Waals surface area contributed by atoms with Crippen LogP contribution in [-0.2, 0) is 13.1 Å². The van der Waals surface area contributed by atoms with Gasteiger partial charge in [-0.3, -0.25) is 14.1 Å². The van der Waals surface area contributed by atoms with Crippen molar-refractivity contribution in [1.29, 1.82) is 0 Å². The fraction of sp³-hybridized carbons (Fsp3) is 0.250. The van der Waals surface area contributed by atoms with Crippen LogP contribution in [0.1, 0.15) is 17.0 Å². The van der Waals surface area contributed by atoms with Crippen molar-refractivity contribution in [1.82, 2.24) is 14.3 Å². The van der Waals surface area contributed by atoms with E-state index in [4.69, 9.17) is 0 Å². The van der Waals surface area contributed by atoms with E-state index in [1.165, 1.54) is 16.9 Å². The molecule has 6 heteroatoms. The first-order chi connectivity index (χ1) is 10.5. The van der Waals surface area contributed by atoms with Gasteiger partial charge in [-0.25, -0.2) is 4.98 Å². The summed E-state index contributed by atoms with van der Waals surface area (Å²) in [5.41, 5.74) is 2.98. The molecule has 0 radical (unpaired) electrons. The lowest BCUT2D eigenvalue weighted by Crippen LogP contribution is -2.21. The zero-order valence-corrected chi connectivity index (χ0v) is 14.8. The van der Waals surface area contributed by atoms with E-state index in [1.807, 2.05) is 31.5 Å². The molecule has 2 heterocycles. The number of nitrogens with zero attached hydrogens (tertiary/aromatic N) is 3. The van der Waals surface area contributed by atoms with E-state index in [2.05, 4.69) is 37.9 Å². The zero-order chi connectivity index (χ0) is 15.7. The molecule has 0 N–H and O–H groups in total. The van der Waals surface area contributed by atoms with E-state index in [-0.39, 0.29) is 5.56 Å². The summed E-state index contributed by atoms with van der Waals surface area (Å²) in [4.78, 5) is 19.7. The number of rotatable bonds is 4. The summed E-state index contributed by atoms with van der Waals surface area (Å²) >= 11 is 4.94. The molecule has 0 saturated heterocycles. The molecule has 1 aromatic carbocycles. The van der Waals surface area contributed by atoms with Crippen LogP contribution in [0.25, 0.3) is 4.96 Å². The third kappa shape index (κ3) is 3.29. The molecule has 0 fully saturated rings. The third-order valence-corrected chi connectivity index (χ3v) is 4.90. The lowest BCUT2D eigenvalue weighted by atomic mass is 10.2. The van der Waals surface area contributed by atoms with Gasteiger partial charge in [-0.05, 0) is 31.7 Å². The molecule has 0 bridgehead atoms. The van der Waals surface area contributed by atoms with Crippen molar-refractivity contribution in [3.63, 3.8) is 0 Å². The molecule has 0 spiro atoms. The van der Waals surface area contributed by atoms with E-state index in [0.29, 0.717) is 6.54 Å². The van der Waals surface area contributed by atoms with Crippen LogP contribution >= 0.6 is 27.3 Å². The molecule has 0 unspecified atom stereocenters. The molecule has 22 heavy (non-hydrogen) atoms. The number of aryl methyl sites for hydroxylation is 1. The van der Waals surface area contributed by atoms with E-state index in [0.717, 1.165) is 27.4 Å². The van der Waals surface area contributed by atoms with Crippen molar-refractivity contribution in [2.24, 2.45) is 0 Å². The largest absolute Gasteiger partial charge is 0.296 e. The Morgan fingerprint density at radius 2 is 2.00 bits per heavy atom. The van der Waals surface area contributed by atoms with E-state index < -0.39 is 0 Å². The van der Waals surface area contributed by atoms with Crippen LogP contribution in [0.15, 0.2) is 45.0 Å². The highest BCUT2D eigenvalue weighted by molar-refractivity contribution is 9.10. The monoisotopic (exact) mass is 377 g/mol. The third-order valence-electron chi connectivity index (χ3n) is 3.43. The average molecular weight is 378 g/mol. The predicted octanol–water partition coefficient (Wildman–Crippen LogP) is 3.46. The highest BCUT2D eigenvalue weighted by atomic mass is 79.9. The summed E-state index contributed by atoms with van der Waals surface area (Å²) in [7, 11) is 2.03. The highest BCUT2D eigenvalue weighted by Gasteiger charge is 2.08. The fourth-order valence-corrected chi connectivity index (χ4v) is 3.57. The Bertz CT molecular complexity index is 854. The van der Waals surface area contributed by atoms with Gasteiger partial charge in [-0.15, -0.1) is 11.3 Å². The normalized spacial score (nSPS) is 11.5. The number of halogens is 1. The minimum atomic E-state index is -0.00390. The van der Waals surface area contributed by atoms with Gasteiger partial charge in [-0.1, -0.05) is 28.1 Å². The first-order valence-electron chi connectivity index (χ1n) is 6.93. The van der Waals surface area contributed by atoms with E-state index >= 15 is 0 Å². The van der Waals surface area contributed by atoms with Crippen LogP contribution < -0.4 is 5.56 Å². The standard InChI is InChI=1S/C16H16BrN3OS/c1-11-10-22-16-18-14(7-15(21)20(11)16)9-19(2)8-12-3-5-13(17)6-4-12/h3-7,10H,8-9H2,1-2H3. The Morgan fingerprint density at radius 1 is 1.27 bits per heavy atom. The molecule has 3 rings (SSSR count). The van der Waals surface area contributed by atoms with Crippen molar-refractivity contribution in [2.75, 3.05) is 7.05 Å². The lowest BCUT2D eigenvalue weighted by Gasteiger charge is -2.16. The van der Waals surface area contributed by atoms with Crippen LogP contribution in [0.3, 0.4) is 0 Å². The summed E-state index contributed by atoms with van der Waals surface area (Å²) < 4.78 is 2.73. The summed E-state index contributed by atoms with van der Waals surface area (Å²) in [6.45, 7) is 3.39. The molecule has 0 aliphatic carbocycles. The second-order valence-corrected chi connectivity index (χ2v) is 7.13. The van der Waals surface area contributed by atoms with E-state index in [9.17, 15) is 4.79 Å². The van der Waals surface area contributed by atoms with Gasteiger partial charge in [0.05, 0.1) is 5.69 Å². The van der Waals surface area contributed by atoms with Crippen LogP contribution in [0.4, 0.5) is 0 Å². The van der Waals surface area contributed by atoms with Crippen LogP contribution in [0.5, 0.6) is 0 Å². The number of benzene rings is 1. The number of thiazole rings is 1. The maximum atomic E-state index is 12.2. The molecule has 0 saturated carbocycles. The second kappa shape index (κ2) is 6.32. The Hall–Kier alpha value is -1.50. The van der Waals surface area contributed by atoms with E-state index in [1.54, 1.807) is 10.5 Å². The van der Waals surface area contributed by atoms with Gasteiger partial charge < -0.3 is 0 Å². The zero-order valence-electron chi connectivity index (χ0n) is 12.4. The van der Waals surface area contributed by atoms with Crippen molar-refractivity contribution >= 4 is 32.2 Å². The molecule has 0 atom stereocenters. The van der Waals surface area contributed by atoms with Gasteiger partial charge in [-0.2, -0.15) is 0 Å². The predicted molar refractivity (Wildman–Crippen MR) is 93.4 cm³/mol. The second-order valence-electron chi connectivity index (χ2n) is 5.38. The first-order valence-corrected chi connectivity index (χ1v) is 8.60. The van der Waals surface area contributed by atoms with Crippen LogP contribution in [-0.4, -0.2) is 21.3 Å². The molecule has 0 amide bonds. The molecule has 2 aromatic heterocycles. The van der Waals surface area contributed by atoms with Gasteiger partial charge in [0.2, 0.25) is 0 Å². The molecular formula is C16H16BrN3OS. The Kier molecular flexibility index (Phi) is 4.42. The lowest BCUT2D eigenvalue weighted by molar-refractivity contribution is 0.315. The smallest absolute Gasteiger partial charge is 0.259 e. The first kappa shape index (κ1) is 15.4. The van der Waals surface area contributed by atoms with Crippen molar-refractivity contribution in [2.45, 2.75) is 20.0 Å². The Labute approximate surface area is 141 Å². The molecule has 0 aliphatic rings. The SMILES string of the molecule is Cc1csc2nc(CN(C)Cc3ccc(Br)cc3)cc(=O)n12. The van der Waals surface area contributed by atoms with Gasteiger partial charge in [0, 0.05) is 34.7 Å². The average Bonchev–Trinajstić information content (AvgIpc) is 2.83. The quantitative estimate of drug-likeness (QED) is 0.698. The van der Waals surface area contributed by atoms with Gasteiger partial charge in [0.25, 0.3) is 5.56 Å². The summed E-state index contributed by atoms with van der Waals surface area (Å²) in [5.74, 6) is 0. The summed E-state index contributed by atoms with van der Waals surface area (Å²) in [6.07, 6.45) is 0. The minimum absolute atomic E-state index is 0.00390. The highest BCUT2D eigenvalue weighted by Crippen LogP contribution is 2.14. The molecule has 4 nitrogen and oxygen atoms in total. The van der Waals surface area contributed by atoms with Crippen molar-refractivity contribution in [3.8, 4) is 0 Å². The number of hydrogen-bond acceptors (Lipinski definition) is 4.